The lowest BCUT2D eigenvalue weighted by atomic mass is 10.1. The van der Waals surface area contributed by atoms with Gasteiger partial charge in [-0.05, 0) is 31.5 Å². The van der Waals surface area contributed by atoms with Crippen LogP contribution >= 0.6 is 0 Å². The van der Waals surface area contributed by atoms with Gasteiger partial charge >= 0.3 is 0 Å². The van der Waals surface area contributed by atoms with Gasteiger partial charge in [0, 0.05) is 25.3 Å². The van der Waals surface area contributed by atoms with Gasteiger partial charge in [0.1, 0.15) is 0 Å². The Morgan fingerprint density at radius 3 is 3.05 bits per heavy atom. The first-order valence-corrected chi connectivity index (χ1v) is 6.81. The Labute approximate surface area is 118 Å². The fourth-order valence-electron chi connectivity index (χ4n) is 2.36. The second kappa shape index (κ2) is 6.81. The van der Waals surface area contributed by atoms with E-state index < -0.39 is 5.82 Å². The van der Waals surface area contributed by atoms with Gasteiger partial charge in [0.25, 0.3) is 0 Å². The Morgan fingerprint density at radius 1 is 1.55 bits per heavy atom. The molecule has 1 aromatic rings. The molecular formula is C15H20FNO3. The normalized spacial score (nSPS) is 20.4. The Kier molecular flexibility index (Phi) is 5.09. The summed E-state index contributed by atoms with van der Waals surface area (Å²) in [6.07, 6.45) is 1.03. The summed E-state index contributed by atoms with van der Waals surface area (Å²) in [5.74, 6) is -0.440. The molecule has 4 nitrogen and oxygen atoms in total. The highest BCUT2D eigenvalue weighted by atomic mass is 19.1. The molecule has 0 aliphatic carbocycles. The van der Waals surface area contributed by atoms with E-state index in [1.54, 1.807) is 6.07 Å². The van der Waals surface area contributed by atoms with E-state index in [1.165, 1.54) is 19.2 Å². The van der Waals surface area contributed by atoms with Gasteiger partial charge in [-0.2, -0.15) is 0 Å². The van der Waals surface area contributed by atoms with E-state index in [-0.39, 0.29) is 17.6 Å². The number of methoxy groups -OCH3 is 1. The van der Waals surface area contributed by atoms with E-state index in [2.05, 4.69) is 4.90 Å². The van der Waals surface area contributed by atoms with Crippen LogP contribution in [0.1, 0.15) is 23.7 Å². The van der Waals surface area contributed by atoms with Gasteiger partial charge in [-0.15, -0.1) is 0 Å². The molecule has 20 heavy (non-hydrogen) atoms. The van der Waals surface area contributed by atoms with Crippen LogP contribution in [0.3, 0.4) is 0 Å². The highest BCUT2D eigenvalue weighted by Gasteiger charge is 2.19. The van der Waals surface area contributed by atoms with Gasteiger partial charge in [0.05, 0.1) is 19.8 Å². The molecule has 1 atom stereocenters. The number of hydrogen-bond donors (Lipinski definition) is 0. The van der Waals surface area contributed by atoms with Gasteiger partial charge in [-0.3, -0.25) is 9.69 Å². The summed E-state index contributed by atoms with van der Waals surface area (Å²) < 4.78 is 24.0. The quantitative estimate of drug-likeness (QED) is 0.793. The molecule has 0 aromatic heterocycles. The van der Waals surface area contributed by atoms with Crippen LogP contribution in [0.25, 0.3) is 0 Å². The maximum absolute atomic E-state index is 13.6. The molecule has 1 unspecified atom stereocenters. The van der Waals surface area contributed by atoms with Crippen molar-refractivity contribution in [3.63, 3.8) is 0 Å². The van der Waals surface area contributed by atoms with E-state index in [0.29, 0.717) is 12.1 Å². The lowest BCUT2D eigenvalue weighted by Gasteiger charge is -2.20. The maximum atomic E-state index is 13.6. The van der Waals surface area contributed by atoms with Gasteiger partial charge < -0.3 is 9.47 Å². The zero-order chi connectivity index (χ0) is 14.5. The standard InChI is InChI=1S/C15H20FNO3/c1-11-9-17(6-3-7-20-11)10-14(18)12-4-5-15(19-2)13(16)8-12/h4-5,8,11H,3,6-7,9-10H2,1-2H3. The number of rotatable bonds is 4. The number of carbonyl (C=O) groups excluding carboxylic acids is 1. The number of hydrogen-bond acceptors (Lipinski definition) is 4. The molecule has 0 radical (unpaired) electrons. The van der Waals surface area contributed by atoms with Crippen molar-refractivity contribution in [2.45, 2.75) is 19.4 Å². The van der Waals surface area contributed by atoms with Crippen molar-refractivity contribution in [1.82, 2.24) is 4.90 Å². The minimum absolute atomic E-state index is 0.0827. The molecule has 1 fully saturated rings. The molecule has 1 aliphatic rings. The lowest BCUT2D eigenvalue weighted by Crippen LogP contribution is -2.34. The third-order valence-electron chi connectivity index (χ3n) is 3.38. The second-order valence-corrected chi connectivity index (χ2v) is 5.04. The van der Waals surface area contributed by atoms with Crippen LogP contribution in [0.4, 0.5) is 4.39 Å². The monoisotopic (exact) mass is 281 g/mol. The Bertz CT molecular complexity index is 478. The van der Waals surface area contributed by atoms with Gasteiger partial charge in [0.15, 0.2) is 17.3 Å². The molecule has 0 bridgehead atoms. The summed E-state index contributed by atoms with van der Waals surface area (Å²) in [5.41, 5.74) is 0.376. The van der Waals surface area contributed by atoms with E-state index in [1.807, 2.05) is 6.92 Å². The molecule has 1 heterocycles. The number of halogens is 1. The smallest absolute Gasteiger partial charge is 0.176 e. The molecule has 110 valence electrons. The number of ketones is 1. The zero-order valence-electron chi connectivity index (χ0n) is 11.9. The molecule has 0 spiro atoms. The first-order chi connectivity index (χ1) is 9.60. The number of benzene rings is 1. The first-order valence-electron chi connectivity index (χ1n) is 6.81. The van der Waals surface area contributed by atoms with Crippen molar-refractivity contribution in [1.29, 1.82) is 0 Å². The summed E-state index contributed by atoms with van der Waals surface area (Å²) in [6, 6.07) is 4.32. The third-order valence-corrected chi connectivity index (χ3v) is 3.38. The molecular weight excluding hydrogens is 261 g/mol. The number of carbonyl (C=O) groups is 1. The van der Waals surface area contributed by atoms with Crippen molar-refractivity contribution in [3.8, 4) is 5.75 Å². The molecule has 0 N–H and O–H groups in total. The molecule has 1 aromatic carbocycles. The Morgan fingerprint density at radius 2 is 2.35 bits per heavy atom. The summed E-state index contributed by atoms with van der Waals surface area (Å²) in [5, 5.41) is 0. The predicted molar refractivity (Wildman–Crippen MR) is 73.8 cm³/mol. The maximum Gasteiger partial charge on any atom is 0.176 e. The summed E-state index contributed by atoms with van der Waals surface area (Å²) in [6.45, 7) is 4.57. The van der Waals surface area contributed by atoms with E-state index in [0.717, 1.165) is 26.1 Å². The molecule has 2 rings (SSSR count). The topological polar surface area (TPSA) is 38.8 Å². The van der Waals surface area contributed by atoms with Gasteiger partial charge in [-0.1, -0.05) is 0 Å². The van der Waals surface area contributed by atoms with Crippen molar-refractivity contribution in [3.05, 3.63) is 29.6 Å². The van der Waals surface area contributed by atoms with E-state index in [4.69, 9.17) is 9.47 Å². The van der Waals surface area contributed by atoms with Crippen LogP contribution < -0.4 is 4.74 Å². The van der Waals surface area contributed by atoms with Crippen molar-refractivity contribution in [2.24, 2.45) is 0 Å². The summed E-state index contributed by atoms with van der Waals surface area (Å²) in [4.78, 5) is 14.3. The lowest BCUT2D eigenvalue weighted by molar-refractivity contribution is 0.0657. The van der Waals surface area contributed by atoms with Crippen LogP contribution in [0, 0.1) is 5.82 Å². The third kappa shape index (κ3) is 3.77. The summed E-state index contributed by atoms with van der Waals surface area (Å²) >= 11 is 0. The molecule has 0 amide bonds. The van der Waals surface area contributed by atoms with E-state index in [9.17, 15) is 9.18 Å². The molecule has 5 heteroatoms. The largest absolute Gasteiger partial charge is 0.494 e. The predicted octanol–water partition coefficient (Wildman–Crippen LogP) is 2.13. The van der Waals surface area contributed by atoms with Gasteiger partial charge in [-0.25, -0.2) is 4.39 Å². The minimum atomic E-state index is -0.508. The van der Waals surface area contributed by atoms with Crippen LogP contribution in [-0.4, -0.2) is 50.1 Å². The van der Waals surface area contributed by atoms with Crippen LogP contribution in [-0.2, 0) is 4.74 Å². The zero-order valence-corrected chi connectivity index (χ0v) is 11.9. The van der Waals surface area contributed by atoms with Crippen molar-refractivity contribution < 1.29 is 18.7 Å². The minimum Gasteiger partial charge on any atom is -0.494 e. The number of Topliss-reactive ketones (excluding diaryl/α,β-unsaturated/α-hetero) is 1. The highest BCUT2D eigenvalue weighted by Crippen LogP contribution is 2.18. The SMILES string of the molecule is COc1ccc(C(=O)CN2CCCOC(C)C2)cc1F. The highest BCUT2D eigenvalue weighted by molar-refractivity contribution is 5.97. The molecule has 1 aliphatic heterocycles. The van der Waals surface area contributed by atoms with Gasteiger partial charge in [0.2, 0.25) is 0 Å². The van der Waals surface area contributed by atoms with Crippen LogP contribution in [0.5, 0.6) is 5.75 Å². The summed E-state index contributed by atoms with van der Waals surface area (Å²) in [7, 11) is 1.40. The average molecular weight is 281 g/mol. The van der Waals surface area contributed by atoms with Crippen LogP contribution in [0.15, 0.2) is 18.2 Å². The fourth-order valence-corrected chi connectivity index (χ4v) is 2.36. The van der Waals surface area contributed by atoms with E-state index >= 15 is 0 Å². The van der Waals surface area contributed by atoms with Crippen molar-refractivity contribution in [2.75, 3.05) is 33.4 Å². The first kappa shape index (κ1) is 14.9. The fraction of sp³-hybridized carbons (Fsp3) is 0.533. The number of ether oxygens (including phenoxy) is 2. The average Bonchev–Trinajstić information content (AvgIpc) is 2.62. The molecule has 1 saturated heterocycles. The second-order valence-electron chi connectivity index (χ2n) is 5.04. The Hall–Kier alpha value is -1.46. The van der Waals surface area contributed by atoms with Crippen LogP contribution in [0.2, 0.25) is 0 Å². The van der Waals surface area contributed by atoms with Crippen molar-refractivity contribution >= 4 is 5.78 Å². The molecule has 0 saturated carbocycles. The number of nitrogens with zero attached hydrogens (tertiary/aromatic N) is 1. The Balaban J connectivity index is 2.02.